The normalized spacial score (nSPS) is 20.9. The zero-order valence-electron chi connectivity index (χ0n) is 10.3. The van der Waals surface area contributed by atoms with Crippen LogP contribution in [0.3, 0.4) is 0 Å². The molecule has 17 heavy (non-hydrogen) atoms. The van der Waals surface area contributed by atoms with E-state index in [0.717, 1.165) is 32.5 Å². The zero-order valence-corrected chi connectivity index (χ0v) is 10.3. The quantitative estimate of drug-likeness (QED) is 0.757. The van der Waals surface area contributed by atoms with Gasteiger partial charge in [0.25, 0.3) is 0 Å². The number of nitrogens with one attached hydrogen (secondary N) is 1. The number of nitrogens with zero attached hydrogens (tertiary/aromatic N) is 3. The molecule has 1 amide bonds. The summed E-state index contributed by atoms with van der Waals surface area (Å²) in [5, 5.41) is 3.51. The minimum absolute atomic E-state index is 0.265. The van der Waals surface area contributed by atoms with E-state index < -0.39 is 0 Å². The summed E-state index contributed by atoms with van der Waals surface area (Å²) < 4.78 is 2.08. The van der Waals surface area contributed by atoms with Gasteiger partial charge in [-0.25, -0.2) is 4.98 Å². The summed E-state index contributed by atoms with van der Waals surface area (Å²) >= 11 is 0. The summed E-state index contributed by atoms with van der Waals surface area (Å²) in [5.74, 6) is 0.265. The highest BCUT2D eigenvalue weighted by molar-refractivity contribution is 5.76. The molecule has 0 spiro atoms. The highest BCUT2D eigenvalue weighted by Gasteiger charge is 2.21. The van der Waals surface area contributed by atoms with Crippen molar-refractivity contribution in [2.45, 2.75) is 31.8 Å². The smallest absolute Gasteiger partial charge is 0.222 e. The zero-order chi connectivity index (χ0) is 12.1. The third-order valence-corrected chi connectivity index (χ3v) is 3.21. The van der Waals surface area contributed by atoms with Crippen LogP contribution in [0.1, 0.15) is 19.3 Å². The average molecular weight is 236 g/mol. The molecule has 1 atom stereocenters. The summed E-state index contributed by atoms with van der Waals surface area (Å²) in [7, 11) is 1.88. The Labute approximate surface area is 102 Å². The van der Waals surface area contributed by atoms with Gasteiger partial charge in [-0.1, -0.05) is 0 Å². The third-order valence-electron chi connectivity index (χ3n) is 3.21. The van der Waals surface area contributed by atoms with Gasteiger partial charge in [0.1, 0.15) is 0 Å². The van der Waals surface area contributed by atoms with Gasteiger partial charge in [-0.05, 0) is 19.4 Å². The Morgan fingerprint density at radius 2 is 2.47 bits per heavy atom. The number of piperidine rings is 1. The first-order valence-corrected chi connectivity index (χ1v) is 6.19. The highest BCUT2D eigenvalue weighted by Crippen LogP contribution is 2.09. The molecule has 0 aliphatic carbocycles. The lowest BCUT2D eigenvalue weighted by Crippen LogP contribution is -2.46. The fourth-order valence-electron chi connectivity index (χ4n) is 2.17. The molecule has 1 aliphatic rings. The van der Waals surface area contributed by atoms with Crippen LogP contribution in [0.5, 0.6) is 0 Å². The number of hydrogen-bond donors (Lipinski definition) is 1. The molecule has 1 aromatic heterocycles. The number of imidazole rings is 1. The first-order chi connectivity index (χ1) is 8.25. The van der Waals surface area contributed by atoms with Crippen LogP contribution in [0.25, 0.3) is 0 Å². The number of amides is 1. The Morgan fingerprint density at radius 3 is 3.18 bits per heavy atom. The fraction of sp³-hybridized carbons (Fsp3) is 0.667. The number of likely N-dealkylation sites (N-methyl/N-ethyl adjacent to an activating group) is 1. The first-order valence-electron chi connectivity index (χ1n) is 6.19. The van der Waals surface area contributed by atoms with Crippen molar-refractivity contribution in [3.8, 4) is 0 Å². The number of carbonyl (C=O) groups excluding carboxylic acids is 1. The van der Waals surface area contributed by atoms with E-state index in [9.17, 15) is 4.79 Å². The molecular formula is C12H20N4O. The number of carbonyl (C=O) groups is 1. The molecule has 0 bridgehead atoms. The molecule has 5 nitrogen and oxygen atoms in total. The molecule has 1 N–H and O–H groups in total. The Bertz CT molecular complexity index is 349. The highest BCUT2D eigenvalue weighted by atomic mass is 16.2. The van der Waals surface area contributed by atoms with Gasteiger partial charge in [0, 0.05) is 45.0 Å². The lowest BCUT2D eigenvalue weighted by molar-refractivity contribution is -0.132. The Balaban J connectivity index is 1.61. The van der Waals surface area contributed by atoms with Crippen LogP contribution in [0, 0.1) is 0 Å². The molecule has 1 saturated heterocycles. The molecule has 94 valence electrons. The topological polar surface area (TPSA) is 50.2 Å². The van der Waals surface area contributed by atoms with Crippen molar-refractivity contribution in [3.63, 3.8) is 0 Å². The Kier molecular flexibility index (Phi) is 4.14. The van der Waals surface area contributed by atoms with E-state index in [1.54, 1.807) is 6.20 Å². The third kappa shape index (κ3) is 3.56. The maximum atomic E-state index is 11.3. The van der Waals surface area contributed by atoms with E-state index in [4.69, 9.17) is 0 Å². The number of aromatic nitrogens is 2. The SMILES string of the molecule is CN1CC(NCCCn2ccnc2)CCC1=O. The molecule has 0 radical (unpaired) electrons. The second kappa shape index (κ2) is 5.82. The summed E-state index contributed by atoms with van der Waals surface area (Å²) in [4.78, 5) is 17.1. The molecule has 1 aliphatic heterocycles. The summed E-state index contributed by atoms with van der Waals surface area (Å²) in [5.41, 5.74) is 0. The Morgan fingerprint density at radius 1 is 1.59 bits per heavy atom. The molecule has 1 unspecified atom stereocenters. The first kappa shape index (κ1) is 12.1. The van der Waals surface area contributed by atoms with E-state index in [-0.39, 0.29) is 5.91 Å². The lowest BCUT2D eigenvalue weighted by Gasteiger charge is -2.30. The standard InChI is InChI=1S/C12H20N4O/c1-15-9-11(3-4-12(15)17)14-5-2-7-16-8-6-13-10-16/h6,8,10-11,14H,2-5,7,9H2,1H3. The monoisotopic (exact) mass is 236 g/mol. The molecule has 2 heterocycles. The molecule has 1 aromatic rings. The minimum atomic E-state index is 0.265. The summed E-state index contributed by atoms with van der Waals surface area (Å²) in [6.45, 7) is 2.82. The number of hydrogen-bond acceptors (Lipinski definition) is 3. The van der Waals surface area contributed by atoms with Crippen molar-refractivity contribution >= 4 is 5.91 Å². The molecule has 2 rings (SSSR count). The second-order valence-electron chi connectivity index (χ2n) is 4.62. The van der Waals surface area contributed by atoms with Crippen molar-refractivity contribution < 1.29 is 4.79 Å². The van der Waals surface area contributed by atoms with Crippen molar-refractivity contribution in [1.82, 2.24) is 19.8 Å². The van der Waals surface area contributed by atoms with Gasteiger partial charge in [-0.2, -0.15) is 0 Å². The largest absolute Gasteiger partial charge is 0.344 e. The van der Waals surface area contributed by atoms with Gasteiger partial charge in [0.05, 0.1) is 6.33 Å². The van der Waals surface area contributed by atoms with Crippen LogP contribution in [-0.2, 0) is 11.3 Å². The van der Waals surface area contributed by atoms with Gasteiger partial charge in [-0.15, -0.1) is 0 Å². The Hall–Kier alpha value is -1.36. The van der Waals surface area contributed by atoms with Crippen molar-refractivity contribution in [3.05, 3.63) is 18.7 Å². The molecule has 1 fully saturated rings. The maximum absolute atomic E-state index is 11.3. The van der Waals surface area contributed by atoms with E-state index >= 15 is 0 Å². The number of rotatable bonds is 5. The van der Waals surface area contributed by atoms with Crippen molar-refractivity contribution in [2.75, 3.05) is 20.1 Å². The maximum Gasteiger partial charge on any atom is 0.222 e. The predicted molar refractivity (Wildman–Crippen MR) is 65.5 cm³/mol. The van der Waals surface area contributed by atoms with Crippen LogP contribution in [0.2, 0.25) is 0 Å². The van der Waals surface area contributed by atoms with Crippen LogP contribution >= 0.6 is 0 Å². The second-order valence-corrected chi connectivity index (χ2v) is 4.62. The predicted octanol–water partition coefficient (Wildman–Crippen LogP) is 0.484. The average Bonchev–Trinajstić information content (AvgIpc) is 2.82. The number of aryl methyl sites for hydroxylation is 1. The molecular weight excluding hydrogens is 216 g/mol. The molecule has 0 aromatic carbocycles. The van der Waals surface area contributed by atoms with E-state index in [1.807, 2.05) is 24.5 Å². The fourth-order valence-corrected chi connectivity index (χ4v) is 2.17. The van der Waals surface area contributed by atoms with Crippen LogP contribution < -0.4 is 5.32 Å². The van der Waals surface area contributed by atoms with Gasteiger partial charge in [0.15, 0.2) is 0 Å². The van der Waals surface area contributed by atoms with E-state index in [2.05, 4.69) is 14.9 Å². The lowest BCUT2D eigenvalue weighted by atomic mass is 10.1. The molecule has 5 heteroatoms. The summed E-state index contributed by atoms with van der Waals surface area (Å²) in [6.07, 6.45) is 8.35. The van der Waals surface area contributed by atoms with Crippen molar-refractivity contribution in [1.29, 1.82) is 0 Å². The molecule has 0 saturated carbocycles. The van der Waals surface area contributed by atoms with E-state index in [0.29, 0.717) is 12.5 Å². The van der Waals surface area contributed by atoms with Crippen molar-refractivity contribution in [2.24, 2.45) is 0 Å². The van der Waals surface area contributed by atoms with Crippen LogP contribution in [0.15, 0.2) is 18.7 Å². The number of likely N-dealkylation sites (tertiary alicyclic amines) is 1. The van der Waals surface area contributed by atoms with Gasteiger partial charge in [0.2, 0.25) is 5.91 Å². The summed E-state index contributed by atoms with van der Waals surface area (Å²) in [6, 6.07) is 0.459. The minimum Gasteiger partial charge on any atom is -0.344 e. The van der Waals surface area contributed by atoms with Crippen LogP contribution in [0.4, 0.5) is 0 Å². The van der Waals surface area contributed by atoms with Gasteiger partial charge in [-0.3, -0.25) is 4.79 Å². The van der Waals surface area contributed by atoms with Gasteiger partial charge >= 0.3 is 0 Å². The van der Waals surface area contributed by atoms with E-state index in [1.165, 1.54) is 0 Å². The van der Waals surface area contributed by atoms with Gasteiger partial charge < -0.3 is 14.8 Å². The van der Waals surface area contributed by atoms with Crippen LogP contribution in [-0.4, -0.2) is 46.5 Å².